The summed E-state index contributed by atoms with van der Waals surface area (Å²) in [7, 11) is 0. The average Bonchev–Trinajstić information content (AvgIpc) is 2.53. The highest BCUT2D eigenvalue weighted by Gasteiger charge is 2.25. The standard InChI is InChI=1S/C15H12Cl3NO4/c16-8-3-1-7(2-4-8)5-6-19-15(23)9-12(20)10(17)14(22)11(18)13(9)21/h1-4,20-22H,5-6H2,(H,19,23). The smallest absolute Gasteiger partial charge is 0.258 e. The van der Waals surface area contributed by atoms with Crippen molar-refractivity contribution < 1.29 is 20.1 Å². The van der Waals surface area contributed by atoms with Crippen LogP contribution in [0.3, 0.4) is 0 Å². The third-order valence-electron chi connectivity index (χ3n) is 3.14. The van der Waals surface area contributed by atoms with Gasteiger partial charge in [-0.25, -0.2) is 0 Å². The second-order valence-electron chi connectivity index (χ2n) is 4.68. The molecule has 2 aromatic carbocycles. The molecule has 0 spiro atoms. The maximum Gasteiger partial charge on any atom is 0.258 e. The number of carbonyl (C=O) groups is 1. The molecule has 0 aromatic heterocycles. The minimum Gasteiger partial charge on any atom is -0.505 e. The predicted molar refractivity (Wildman–Crippen MR) is 88.9 cm³/mol. The van der Waals surface area contributed by atoms with Crippen LogP contribution in [0.5, 0.6) is 17.2 Å². The van der Waals surface area contributed by atoms with E-state index in [1.54, 1.807) is 12.1 Å². The summed E-state index contributed by atoms with van der Waals surface area (Å²) in [5, 5.41) is 31.3. The van der Waals surface area contributed by atoms with E-state index >= 15 is 0 Å². The molecule has 0 unspecified atom stereocenters. The van der Waals surface area contributed by atoms with Crippen molar-refractivity contribution in [3.8, 4) is 17.2 Å². The van der Waals surface area contributed by atoms with Crippen LogP contribution < -0.4 is 5.32 Å². The molecule has 0 aliphatic heterocycles. The molecule has 2 aromatic rings. The van der Waals surface area contributed by atoms with Gasteiger partial charge in [-0.1, -0.05) is 46.9 Å². The van der Waals surface area contributed by atoms with Crippen LogP contribution in [0.2, 0.25) is 15.1 Å². The van der Waals surface area contributed by atoms with Gasteiger partial charge in [-0.15, -0.1) is 0 Å². The maximum absolute atomic E-state index is 12.1. The van der Waals surface area contributed by atoms with Gasteiger partial charge >= 0.3 is 0 Å². The topological polar surface area (TPSA) is 89.8 Å². The fourth-order valence-electron chi connectivity index (χ4n) is 1.93. The van der Waals surface area contributed by atoms with Gasteiger partial charge in [0, 0.05) is 11.6 Å². The molecule has 0 aliphatic rings. The lowest BCUT2D eigenvalue weighted by molar-refractivity contribution is 0.0948. The van der Waals surface area contributed by atoms with Crippen LogP contribution in [0.15, 0.2) is 24.3 Å². The van der Waals surface area contributed by atoms with Gasteiger partial charge in [-0.2, -0.15) is 0 Å². The normalized spacial score (nSPS) is 10.6. The van der Waals surface area contributed by atoms with E-state index in [4.69, 9.17) is 34.8 Å². The summed E-state index contributed by atoms with van der Waals surface area (Å²) < 4.78 is 0. The third kappa shape index (κ3) is 3.75. The number of halogens is 3. The van der Waals surface area contributed by atoms with E-state index in [0.717, 1.165) is 5.56 Å². The Bertz CT molecular complexity index is 718. The number of rotatable bonds is 4. The monoisotopic (exact) mass is 375 g/mol. The molecule has 23 heavy (non-hydrogen) atoms. The lowest BCUT2D eigenvalue weighted by Gasteiger charge is -2.12. The number of hydrogen-bond donors (Lipinski definition) is 4. The average molecular weight is 377 g/mol. The van der Waals surface area contributed by atoms with E-state index in [2.05, 4.69) is 5.32 Å². The SMILES string of the molecule is O=C(NCCc1ccc(Cl)cc1)c1c(O)c(Cl)c(O)c(Cl)c1O. The van der Waals surface area contributed by atoms with E-state index in [9.17, 15) is 20.1 Å². The van der Waals surface area contributed by atoms with Gasteiger partial charge in [0.15, 0.2) is 17.2 Å². The minimum atomic E-state index is -0.766. The van der Waals surface area contributed by atoms with Crippen LogP contribution >= 0.6 is 34.8 Å². The van der Waals surface area contributed by atoms with Gasteiger partial charge in [0.1, 0.15) is 15.6 Å². The minimum absolute atomic E-state index is 0.245. The van der Waals surface area contributed by atoms with Crippen molar-refractivity contribution in [3.63, 3.8) is 0 Å². The molecule has 5 nitrogen and oxygen atoms in total. The van der Waals surface area contributed by atoms with Crippen molar-refractivity contribution in [2.45, 2.75) is 6.42 Å². The summed E-state index contributed by atoms with van der Waals surface area (Å²) in [5.41, 5.74) is 0.457. The zero-order valence-electron chi connectivity index (χ0n) is 11.6. The maximum atomic E-state index is 12.1. The lowest BCUT2D eigenvalue weighted by atomic mass is 10.1. The van der Waals surface area contributed by atoms with Crippen molar-refractivity contribution in [1.29, 1.82) is 0 Å². The van der Waals surface area contributed by atoms with Crippen LogP contribution in [-0.4, -0.2) is 27.8 Å². The van der Waals surface area contributed by atoms with Gasteiger partial charge in [-0.05, 0) is 24.1 Å². The second kappa shape index (κ2) is 7.17. The molecule has 8 heteroatoms. The molecule has 0 atom stereocenters. The van der Waals surface area contributed by atoms with Crippen LogP contribution in [0.1, 0.15) is 15.9 Å². The Kier molecular flexibility index (Phi) is 5.46. The number of phenolic OH excluding ortho intramolecular Hbond substituents is 3. The highest BCUT2D eigenvalue weighted by atomic mass is 35.5. The fraction of sp³-hybridized carbons (Fsp3) is 0.133. The zero-order chi connectivity index (χ0) is 17.1. The van der Waals surface area contributed by atoms with Crippen molar-refractivity contribution in [2.75, 3.05) is 6.54 Å². The van der Waals surface area contributed by atoms with E-state index < -0.39 is 38.8 Å². The Hall–Kier alpha value is -1.82. The molecule has 0 bridgehead atoms. The predicted octanol–water partition coefficient (Wildman–Crippen LogP) is 3.74. The summed E-state index contributed by atoms with van der Waals surface area (Å²) in [5.74, 6) is -2.94. The van der Waals surface area contributed by atoms with Crippen LogP contribution in [0.4, 0.5) is 0 Å². The Balaban J connectivity index is 2.11. The highest BCUT2D eigenvalue weighted by Crippen LogP contribution is 2.47. The number of amides is 1. The highest BCUT2D eigenvalue weighted by molar-refractivity contribution is 6.40. The van der Waals surface area contributed by atoms with Crippen molar-refractivity contribution >= 4 is 40.7 Å². The molecule has 0 aliphatic carbocycles. The number of hydrogen-bond acceptors (Lipinski definition) is 4. The van der Waals surface area contributed by atoms with Crippen molar-refractivity contribution in [3.05, 3.63) is 50.5 Å². The number of carbonyl (C=O) groups excluding carboxylic acids is 1. The Morgan fingerprint density at radius 2 is 1.43 bits per heavy atom. The van der Waals surface area contributed by atoms with Crippen molar-refractivity contribution in [1.82, 2.24) is 5.32 Å². The second-order valence-corrected chi connectivity index (χ2v) is 5.87. The fourth-order valence-corrected chi connectivity index (χ4v) is 2.48. The molecule has 0 radical (unpaired) electrons. The van der Waals surface area contributed by atoms with E-state index in [1.807, 2.05) is 12.1 Å². The number of benzene rings is 2. The summed E-state index contributed by atoms with van der Waals surface area (Å²) in [6.45, 7) is 0.245. The first-order chi connectivity index (χ1) is 10.8. The molecule has 4 N–H and O–H groups in total. The van der Waals surface area contributed by atoms with Crippen LogP contribution in [0.25, 0.3) is 0 Å². The Morgan fingerprint density at radius 1 is 0.913 bits per heavy atom. The quantitative estimate of drug-likeness (QED) is 0.654. The van der Waals surface area contributed by atoms with E-state index in [-0.39, 0.29) is 6.54 Å². The molecular weight excluding hydrogens is 365 g/mol. The molecule has 2 rings (SSSR count). The molecule has 0 saturated heterocycles. The first-order valence-electron chi connectivity index (χ1n) is 6.47. The number of phenols is 3. The number of aromatic hydroxyl groups is 3. The van der Waals surface area contributed by atoms with Crippen LogP contribution in [-0.2, 0) is 6.42 Å². The molecule has 0 saturated carbocycles. The van der Waals surface area contributed by atoms with E-state index in [1.165, 1.54) is 0 Å². The summed E-state index contributed by atoms with van der Waals surface area (Å²) in [6, 6.07) is 7.10. The zero-order valence-corrected chi connectivity index (χ0v) is 13.9. The Labute approximate surface area is 147 Å². The van der Waals surface area contributed by atoms with Gasteiger partial charge in [0.05, 0.1) is 0 Å². The molecule has 0 fully saturated rings. The lowest BCUT2D eigenvalue weighted by Crippen LogP contribution is -2.26. The van der Waals surface area contributed by atoms with Gasteiger partial charge < -0.3 is 20.6 Å². The largest absolute Gasteiger partial charge is 0.505 e. The summed E-state index contributed by atoms with van der Waals surface area (Å²) in [6.07, 6.45) is 0.518. The van der Waals surface area contributed by atoms with Crippen molar-refractivity contribution in [2.24, 2.45) is 0 Å². The third-order valence-corrected chi connectivity index (χ3v) is 4.11. The summed E-state index contributed by atoms with van der Waals surface area (Å²) >= 11 is 17.1. The van der Waals surface area contributed by atoms with Gasteiger partial charge in [0.25, 0.3) is 5.91 Å². The molecule has 122 valence electrons. The van der Waals surface area contributed by atoms with E-state index in [0.29, 0.717) is 11.4 Å². The molecule has 0 heterocycles. The molecule has 1 amide bonds. The van der Waals surface area contributed by atoms with Gasteiger partial charge in [-0.3, -0.25) is 4.79 Å². The first kappa shape index (κ1) is 17.5. The first-order valence-corrected chi connectivity index (χ1v) is 7.60. The number of nitrogens with one attached hydrogen (secondary N) is 1. The van der Waals surface area contributed by atoms with Crippen LogP contribution in [0, 0.1) is 0 Å². The molecular formula is C15H12Cl3NO4. The summed E-state index contributed by atoms with van der Waals surface area (Å²) in [4.78, 5) is 12.1. The van der Waals surface area contributed by atoms with Gasteiger partial charge in [0.2, 0.25) is 0 Å². The Morgan fingerprint density at radius 3 is 1.96 bits per heavy atom.